The summed E-state index contributed by atoms with van der Waals surface area (Å²) >= 11 is 0. The number of aromatic nitrogens is 2. The van der Waals surface area contributed by atoms with E-state index in [1.165, 1.54) is 10.5 Å². The predicted octanol–water partition coefficient (Wildman–Crippen LogP) is 0.507. The van der Waals surface area contributed by atoms with Crippen molar-refractivity contribution in [2.75, 3.05) is 13.7 Å². The molecule has 0 spiro atoms. The minimum Gasteiger partial charge on any atom is -0.395 e. The summed E-state index contributed by atoms with van der Waals surface area (Å²) < 4.78 is 1.51. The van der Waals surface area contributed by atoms with Crippen LogP contribution in [0.15, 0.2) is 35.3 Å². The highest BCUT2D eigenvalue weighted by Gasteiger charge is 2.10. The average molecular weight is 247 g/mol. The molecule has 5 nitrogen and oxygen atoms in total. The Balaban J connectivity index is 2.33. The topological polar surface area (TPSA) is 57.8 Å². The summed E-state index contributed by atoms with van der Waals surface area (Å²) in [6, 6.07) is 7.04. The molecular weight excluding hydrogens is 230 g/mol. The van der Waals surface area contributed by atoms with Crippen molar-refractivity contribution in [2.45, 2.75) is 19.5 Å². The summed E-state index contributed by atoms with van der Waals surface area (Å²) in [6.07, 6.45) is 1.70. The molecule has 0 bridgehead atoms. The molecule has 5 heteroatoms. The smallest absolute Gasteiger partial charge is 0.258 e. The fourth-order valence-corrected chi connectivity index (χ4v) is 1.73. The van der Waals surface area contributed by atoms with Crippen molar-refractivity contribution in [3.8, 4) is 0 Å². The van der Waals surface area contributed by atoms with Gasteiger partial charge >= 0.3 is 0 Å². The van der Waals surface area contributed by atoms with Crippen molar-refractivity contribution < 1.29 is 5.11 Å². The van der Waals surface area contributed by atoms with Gasteiger partial charge < -0.3 is 5.11 Å². The van der Waals surface area contributed by atoms with Crippen molar-refractivity contribution in [1.82, 2.24) is 14.3 Å². The third-order valence-electron chi connectivity index (χ3n) is 3.05. The molecule has 0 aliphatic carbocycles. The SMILES string of the molecule is CC(CO)N(C)Cc1cc(=O)n2ccccc2n1. The molecule has 0 fully saturated rings. The molecular formula is C13H17N3O2. The van der Waals surface area contributed by atoms with Crippen LogP contribution in [0.25, 0.3) is 5.65 Å². The Bertz CT molecular complexity index is 594. The maximum Gasteiger partial charge on any atom is 0.258 e. The van der Waals surface area contributed by atoms with Gasteiger partial charge in [0.15, 0.2) is 0 Å². The second-order valence-electron chi connectivity index (χ2n) is 4.46. The lowest BCUT2D eigenvalue weighted by Crippen LogP contribution is -2.32. The second kappa shape index (κ2) is 5.29. The van der Waals surface area contributed by atoms with Crippen LogP contribution < -0.4 is 5.56 Å². The van der Waals surface area contributed by atoms with Crippen LogP contribution in [0, 0.1) is 0 Å². The molecule has 0 saturated carbocycles. The lowest BCUT2D eigenvalue weighted by atomic mass is 10.3. The van der Waals surface area contributed by atoms with E-state index in [4.69, 9.17) is 5.11 Å². The molecule has 0 aromatic carbocycles. The van der Waals surface area contributed by atoms with Gasteiger partial charge in [0.2, 0.25) is 0 Å². The maximum atomic E-state index is 11.9. The molecule has 1 unspecified atom stereocenters. The van der Waals surface area contributed by atoms with E-state index in [0.29, 0.717) is 17.9 Å². The Labute approximate surface area is 105 Å². The lowest BCUT2D eigenvalue weighted by molar-refractivity contribution is 0.153. The largest absolute Gasteiger partial charge is 0.395 e. The van der Waals surface area contributed by atoms with E-state index in [1.54, 1.807) is 18.3 Å². The molecule has 96 valence electrons. The third kappa shape index (κ3) is 2.57. The first-order valence-corrected chi connectivity index (χ1v) is 5.90. The van der Waals surface area contributed by atoms with E-state index in [-0.39, 0.29) is 18.2 Å². The Hall–Kier alpha value is -1.72. The first-order valence-electron chi connectivity index (χ1n) is 5.90. The second-order valence-corrected chi connectivity index (χ2v) is 4.46. The third-order valence-corrected chi connectivity index (χ3v) is 3.05. The number of fused-ring (bicyclic) bond motifs is 1. The number of likely N-dealkylation sites (N-methyl/N-ethyl adjacent to an activating group) is 1. The zero-order valence-electron chi connectivity index (χ0n) is 10.6. The highest BCUT2D eigenvalue weighted by atomic mass is 16.3. The van der Waals surface area contributed by atoms with Gasteiger partial charge in [0.1, 0.15) is 5.65 Å². The first kappa shape index (κ1) is 12.7. The van der Waals surface area contributed by atoms with Gasteiger partial charge in [-0.1, -0.05) is 6.07 Å². The summed E-state index contributed by atoms with van der Waals surface area (Å²) in [5, 5.41) is 9.08. The monoisotopic (exact) mass is 247 g/mol. The maximum absolute atomic E-state index is 11.9. The molecule has 2 aromatic heterocycles. The van der Waals surface area contributed by atoms with Crippen molar-refractivity contribution in [1.29, 1.82) is 0 Å². The van der Waals surface area contributed by atoms with Crippen LogP contribution in [0.4, 0.5) is 0 Å². The highest BCUT2D eigenvalue weighted by molar-refractivity contribution is 5.37. The van der Waals surface area contributed by atoms with Crippen LogP contribution in [-0.4, -0.2) is 39.1 Å². The minimum atomic E-state index is -0.0827. The summed E-state index contributed by atoms with van der Waals surface area (Å²) in [5.74, 6) is 0. The highest BCUT2D eigenvalue weighted by Crippen LogP contribution is 2.04. The molecule has 0 saturated heterocycles. The van der Waals surface area contributed by atoms with Gasteiger partial charge in [0.05, 0.1) is 12.3 Å². The van der Waals surface area contributed by atoms with Crippen LogP contribution in [-0.2, 0) is 6.54 Å². The summed E-state index contributed by atoms with van der Waals surface area (Å²) in [5.41, 5.74) is 1.28. The van der Waals surface area contributed by atoms with Crippen LogP contribution in [0.5, 0.6) is 0 Å². The van der Waals surface area contributed by atoms with Crippen LogP contribution >= 0.6 is 0 Å². The summed E-state index contributed by atoms with van der Waals surface area (Å²) in [4.78, 5) is 18.3. The Kier molecular flexibility index (Phi) is 3.74. The number of rotatable bonds is 4. The Morgan fingerprint density at radius 3 is 3.00 bits per heavy atom. The molecule has 2 heterocycles. The van der Waals surface area contributed by atoms with Crippen molar-refractivity contribution in [3.63, 3.8) is 0 Å². The number of pyridine rings is 1. The molecule has 2 rings (SSSR count). The summed E-state index contributed by atoms with van der Waals surface area (Å²) in [6.45, 7) is 2.55. The standard InChI is InChI=1S/C13H17N3O2/c1-10(9-17)15(2)8-11-7-13(18)16-6-4-3-5-12(16)14-11/h3-7,10,17H,8-9H2,1-2H3. The van der Waals surface area contributed by atoms with Gasteiger partial charge in [0.25, 0.3) is 5.56 Å². The normalized spacial score (nSPS) is 13.1. The van der Waals surface area contributed by atoms with Crippen molar-refractivity contribution >= 4 is 5.65 Å². The van der Waals surface area contributed by atoms with Crippen LogP contribution in [0.3, 0.4) is 0 Å². The molecule has 0 aliphatic rings. The zero-order chi connectivity index (χ0) is 13.1. The van der Waals surface area contributed by atoms with Gasteiger partial charge in [-0.15, -0.1) is 0 Å². The molecule has 2 aromatic rings. The lowest BCUT2D eigenvalue weighted by Gasteiger charge is -2.22. The van der Waals surface area contributed by atoms with E-state index < -0.39 is 0 Å². The van der Waals surface area contributed by atoms with E-state index in [0.717, 1.165) is 0 Å². The van der Waals surface area contributed by atoms with Crippen LogP contribution in [0.2, 0.25) is 0 Å². The van der Waals surface area contributed by atoms with Crippen LogP contribution in [0.1, 0.15) is 12.6 Å². The minimum absolute atomic E-state index is 0.0426. The van der Waals surface area contributed by atoms with E-state index in [1.807, 2.05) is 24.9 Å². The molecule has 0 aliphatic heterocycles. The quantitative estimate of drug-likeness (QED) is 0.855. The average Bonchev–Trinajstić information content (AvgIpc) is 2.37. The number of hydrogen-bond acceptors (Lipinski definition) is 4. The Morgan fingerprint density at radius 2 is 2.28 bits per heavy atom. The molecule has 1 atom stereocenters. The fraction of sp³-hybridized carbons (Fsp3) is 0.385. The van der Waals surface area contributed by atoms with Gasteiger partial charge in [-0.25, -0.2) is 4.98 Å². The molecule has 18 heavy (non-hydrogen) atoms. The number of hydrogen-bond donors (Lipinski definition) is 1. The molecule has 1 N–H and O–H groups in total. The van der Waals surface area contributed by atoms with Gasteiger partial charge in [0, 0.05) is 24.8 Å². The zero-order valence-corrected chi connectivity index (χ0v) is 10.6. The van der Waals surface area contributed by atoms with Crippen molar-refractivity contribution in [2.24, 2.45) is 0 Å². The Morgan fingerprint density at radius 1 is 1.50 bits per heavy atom. The first-order chi connectivity index (χ1) is 8.61. The van der Waals surface area contributed by atoms with Crippen molar-refractivity contribution in [3.05, 3.63) is 46.5 Å². The van der Waals surface area contributed by atoms with Gasteiger partial charge in [-0.2, -0.15) is 0 Å². The fourth-order valence-electron chi connectivity index (χ4n) is 1.73. The van der Waals surface area contributed by atoms with Gasteiger partial charge in [-0.3, -0.25) is 14.1 Å². The molecule has 0 amide bonds. The van der Waals surface area contributed by atoms with E-state index in [2.05, 4.69) is 4.98 Å². The molecule has 0 radical (unpaired) electrons. The van der Waals surface area contributed by atoms with Gasteiger partial charge in [-0.05, 0) is 26.1 Å². The number of aliphatic hydroxyl groups excluding tert-OH is 1. The predicted molar refractivity (Wildman–Crippen MR) is 69.5 cm³/mol. The van der Waals surface area contributed by atoms with E-state index in [9.17, 15) is 4.79 Å². The summed E-state index contributed by atoms with van der Waals surface area (Å²) in [7, 11) is 1.90. The number of aliphatic hydroxyl groups is 1. The number of nitrogens with zero attached hydrogens (tertiary/aromatic N) is 3. The van der Waals surface area contributed by atoms with E-state index >= 15 is 0 Å².